The van der Waals surface area contributed by atoms with Crippen LogP contribution in [0.3, 0.4) is 0 Å². The van der Waals surface area contributed by atoms with E-state index in [4.69, 9.17) is 9.47 Å². The highest BCUT2D eigenvalue weighted by atomic mass is 16.5. The van der Waals surface area contributed by atoms with Crippen molar-refractivity contribution in [3.63, 3.8) is 0 Å². The van der Waals surface area contributed by atoms with Crippen molar-refractivity contribution in [2.45, 2.75) is 24.9 Å². The molecule has 2 aliphatic heterocycles. The molecule has 7 nitrogen and oxygen atoms in total. The molecule has 0 saturated carbocycles. The van der Waals surface area contributed by atoms with E-state index in [0.717, 1.165) is 25.0 Å². The lowest BCUT2D eigenvalue weighted by molar-refractivity contribution is -0.0962. The molecule has 7 heteroatoms. The monoisotopic (exact) mass is 328 g/mol. The van der Waals surface area contributed by atoms with Crippen LogP contribution in [-0.2, 0) is 16.8 Å². The lowest BCUT2D eigenvalue weighted by Gasteiger charge is -2.43. The first kappa shape index (κ1) is 15.1. The van der Waals surface area contributed by atoms with Crippen molar-refractivity contribution in [2.75, 3.05) is 26.8 Å². The maximum Gasteiger partial charge on any atom is 0.257 e. The Hall–Kier alpha value is -2.41. The Morgan fingerprint density at radius 2 is 2.21 bits per heavy atom. The van der Waals surface area contributed by atoms with Crippen LogP contribution in [0.1, 0.15) is 34.5 Å². The van der Waals surface area contributed by atoms with Gasteiger partial charge in [-0.2, -0.15) is 5.10 Å². The molecule has 1 fully saturated rings. The van der Waals surface area contributed by atoms with Crippen molar-refractivity contribution >= 4 is 5.91 Å². The third-order valence-corrected chi connectivity index (χ3v) is 5.02. The van der Waals surface area contributed by atoms with E-state index >= 15 is 0 Å². The lowest BCUT2D eigenvalue weighted by Crippen LogP contribution is -2.48. The zero-order valence-corrected chi connectivity index (χ0v) is 13.6. The summed E-state index contributed by atoms with van der Waals surface area (Å²) in [7, 11) is 1.55. The average Bonchev–Trinajstić information content (AvgIpc) is 3.12. The van der Waals surface area contributed by atoms with Gasteiger partial charge in [-0.05, 0) is 30.9 Å². The molecule has 4 rings (SSSR count). The first-order chi connectivity index (χ1) is 11.7. The number of hydrogen-bond acceptors (Lipinski definition) is 5. The van der Waals surface area contributed by atoms with Crippen molar-refractivity contribution in [3.05, 3.63) is 41.5 Å². The highest BCUT2D eigenvalue weighted by Crippen LogP contribution is 2.40. The van der Waals surface area contributed by atoms with E-state index in [9.17, 15) is 4.79 Å². The summed E-state index contributed by atoms with van der Waals surface area (Å²) in [5.74, 6) is 0.484. The topological polar surface area (TPSA) is 80.3 Å². The Bertz CT molecular complexity index is 750. The fourth-order valence-corrected chi connectivity index (χ4v) is 3.68. The number of ether oxygens (including phenoxy) is 2. The highest BCUT2D eigenvalue weighted by molar-refractivity contribution is 5.96. The number of carbonyl (C=O) groups excluding carboxylic acids is 1. The normalized spacial score (nSPS) is 19.1. The van der Waals surface area contributed by atoms with Crippen LogP contribution in [0.2, 0.25) is 0 Å². The van der Waals surface area contributed by atoms with Gasteiger partial charge in [0.2, 0.25) is 0 Å². The highest BCUT2D eigenvalue weighted by Gasteiger charge is 2.43. The number of carbonyl (C=O) groups is 1. The van der Waals surface area contributed by atoms with Crippen LogP contribution in [0, 0.1) is 0 Å². The van der Waals surface area contributed by atoms with E-state index in [1.54, 1.807) is 25.6 Å². The predicted octanol–water partition coefficient (Wildman–Crippen LogP) is 1.52. The van der Waals surface area contributed by atoms with Crippen LogP contribution in [-0.4, -0.2) is 52.8 Å². The number of piperidine rings is 1. The van der Waals surface area contributed by atoms with E-state index in [2.05, 4.69) is 15.2 Å². The summed E-state index contributed by atoms with van der Waals surface area (Å²) < 4.78 is 11.4. The van der Waals surface area contributed by atoms with Gasteiger partial charge in [-0.15, -0.1) is 0 Å². The molecule has 1 N–H and O–H groups in total. The second-order valence-corrected chi connectivity index (χ2v) is 6.23. The molecule has 0 bridgehead atoms. The summed E-state index contributed by atoms with van der Waals surface area (Å²) in [5.41, 5.74) is 2.54. The first-order valence-corrected chi connectivity index (χ1v) is 8.17. The van der Waals surface area contributed by atoms with Crippen molar-refractivity contribution in [2.24, 2.45) is 0 Å². The van der Waals surface area contributed by atoms with Crippen LogP contribution in [0.25, 0.3) is 0 Å². The number of amides is 1. The minimum Gasteiger partial charge on any atom is -0.494 e. The number of aromatic amines is 1. The summed E-state index contributed by atoms with van der Waals surface area (Å²) >= 11 is 0. The SMILES string of the molecule is COc1cnccc1C(=O)N1CCC2(CC1)OCCc1cn[nH]c12. The summed E-state index contributed by atoms with van der Waals surface area (Å²) in [4.78, 5) is 18.7. The molecule has 2 aromatic heterocycles. The largest absolute Gasteiger partial charge is 0.494 e. The van der Waals surface area contributed by atoms with Crippen LogP contribution >= 0.6 is 0 Å². The van der Waals surface area contributed by atoms with Gasteiger partial charge in [0.15, 0.2) is 0 Å². The van der Waals surface area contributed by atoms with Crippen molar-refractivity contribution in [1.29, 1.82) is 0 Å². The second-order valence-electron chi connectivity index (χ2n) is 6.23. The van der Waals surface area contributed by atoms with Gasteiger partial charge < -0.3 is 14.4 Å². The predicted molar refractivity (Wildman–Crippen MR) is 85.8 cm³/mol. The molecule has 126 valence electrons. The van der Waals surface area contributed by atoms with Gasteiger partial charge in [0, 0.05) is 19.3 Å². The molecule has 1 saturated heterocycles. The van der Waals surface area contributed by atoms with Crippen LogP contribution in [0.5, 0.6) is 5.75 Å². The Balaban J connectivity index is 1.52. The number of pyridine rings is 1. The molecule has 1 spiro atoms. The fraction of sp³-hybridized carbons (Fsp3) is 0.471. The maximum absolute atomic E-state index is 12.8. The number of H-pyrrole nitrogens is 1. The summed E-state index contributed by atoms with van der Waals surface area (Å²) in [6.45, 7) is 1.99. The summed E-state index contributed by atoms with van der Waals surface area (Å²) in [6.07, 6.45) is 7.49. The molecule has 0 radical (unpaired) electrons. The summed E-state index contributed by atoms with van der Waals surface area (Å²) in [6, 6.07) is 1.70. The Kier molecular flexibility index (Phi) is 3.72. The maximum atomic E-state index is 12.8. The molecule has 0 unspecified atom stereocenters. The van der Waals surface area contributed by atoms with E-state index in [1.165, 1.54) is 5.56 Å². The smallest absolute Gasteiger partial charge is 0.257 e. The first-order valence-electron chi connectivity index (χ1n) is 8.17. The van der Waals surface area contributed by atoms with Crippen molar-refractivity contribution < 1.29 is 14.3 Å². The fourth-order valence-electron chi connectivity index (χ4n) is 3.68. The number of methoxy groups -OCH3 is 1. The quantitative estimate of drug-likeness (QED) is 0.904. The molecule has 0 aromatic carbocycles. The Morgan fingerprint density at radius 3 is 3.00 bits per heavy atom. The molecular weight excluding hydrogens is 308 g/mol. The number of rotatable bonds is 2. The third-order valence-electron chi connectivity index (χ3n) is 5.02. The standard InChI is InChI=1S/C17H20N4O3/c1-23-14-11-18-6-2-13(14)16(22)21-7-4-17(5-8-21)15-12(3-9-24-17)10-19-20-15/h2,6,10-11H,3-5,7-9H2,1H3,(H,19,20). The Labute approximate surface area is 140 Å². The van der Waals surface area contributed by atoms with Gasteiger partial charge in [-0.1, -0.05) is 0 Å². The van der Waals surface area contributed by atoms with Gasteiger partial charge in [0.1, 0.15) is 11.4 Å². The van der Waals surface area contributed by atoms with Gasteiger partial charge in [0.25, 0.3) is 5.91 Å². The zero-order valence-electron chi connectivity index (χ0n) is 13.6. The third kappa shape index (κ3) is 2.36. The number of fused-ring (bicyclic) bond motifs is 2. The van der Waals surface area contributed by atoms with Crippen LogP contribution < -0.4 is 4.74 Å². The van der Waals surface area contributed by atoms with Crippen molar-refractivity contribution in [3.8, 4) is 5.75 Å². The zero-order chi connectivity index (χ0) is 16.6. The second kappa shape index (κ2) is 5.90. The van der Waals surface area contributed by atoms with Gasteiger partial charge in [-0.3, -0.25) is 14.9 Å². The molecule has 2 aromatic rings. The number of aromatic nitrogens is 3. The minimum atomic E-state index is -0.330. The van der Waals surface area contributed by atoms with Gasteiger partial charge >= 0.3 is 0 Å². The van der Waals surface area contributed by atoms with Crippen LogP contribution in [0.15, 0.2) is 24.7 Å². The molecule has 0 atom stereocenters. The molecular formula is C17H20N4O3. The molecule has 2 aliphatic rings. The molecule has 24 heavy (non-hydrogen) atoms. The molecule has 0 aliphatic carbocycles. The number of hydrogen-bond donors (Lipinski definition) is 1. The van der Waals surface area contributed by atoms with Gasteiger partial charge in [-0.25, -0.2) is 0 Å². The molecule has 1 amide bonds. The minimum absolute atomic E-state index is 0.0234. The number of nitrogens with zero attached hydrogens (tertiary/aromatic N) is 3. The average molecular weight is 328 g/mol. The lowest BCUT2D eigenvalue weighted by atomic mass is 9.83. The van der Waals surface area contributed by atoms with Crippen LogP contribution in [0.4, 0.5) is 0 Å². The number of nitrogens with one attached hydrogen (secondary N) is 1. The van der Waals surface area contributed by atoms with E-state index in [-0.39, 0.29) is 11.5 Å². The van der Waals surface area contributed by atoms with Gasteiger partial charge in [0.05, 0.1) is 37.4 Å². The Morgan fingerprint density at radius 1 is 1.38 bits per heavy atom. The summed E-state index contributed by atoms with van der Waals surface area (Å²) in [5, 5.41) is 7.27. The number of likely N-dealkylation sites (tertiary alicyclic amines) is 1. The van der Waals surface area contributed by atoms with E-state index in [0.29, 0.717) is 31.0 Å². The van der Waals surface area contributed by atoms with E-state index < -0.39 is 0 Å². The van der Waals surface area contributed by atoms with Crippen molar-refractivity contribution in [1.82, 2.24) is 20.1 Å². The molecule has 4 heterocycles. The van der Waals surface area contributed by atoms with E-state index in [1.807, 2.05) is 11.1 Å².